The highest BCUT2D eigenvalue weighted by molar-refractivity contribution is 7.89. The summed E-state index contributed by atoms with van der Waals surface area (Å²) in [6.45, 7) is 6.82. The highest BCUT2D eigenvalue weighted by Crippen LogP contribution is 2.37. The van der Waals surface area contributed by atoms with Gasteiger partial charge in [-0.05, 0) is 30.2 Å². The molecule has 150 valence electrons. The molecule has 0 aromatic heterocycles. The summed E-state index contributed by atoms with van der Waals surface area (Å²) in [5.41, 5.74) is 1.54. The minimum atomic E-state index is -3.03. The topological polar surface area (TPSA) is 55.8 Å². The predicted molar refractivity (Wildman–Crippen MR) is 109 cm³/mol. The van der Waals surface area contributed by atoms with E-state index in [1.807, 2.05) is 18.2 Å². The number of hydrogen-bond donors (Lipinski definition) is 0. The number of unbranched alkanes of at least 4 members (excludes halogenated alkanes) is 1. The molecule has 0 bridgehead atoms. The van der Waals surface area contributed by atoms with Crippen LogP contribution in [0.1, 0.15) is 43.7 Å². The molecule has 0 saturated carbocycles. The SMILES string of the molecule is CCCCOCCN1CCC2(C=Cc3cc(CS(C)(=O)=O)ccc3O2)CC1. The van der Waals surface area contributed by atoms with Gasteiger partial charge in [-0.2, -0.15) is 0 Å². The molecule has 1 spiro atoms. The zero-order valence-electron chi connectivity index (χ0n) is 16.4. The maximum Gasteiger partial charge on any atom is 0.151 e. The van der Waals surface area contributed by atoms with Crippen molar-refractivity contribution in [3.63, 3.8) is 0 Å². The zero-order valence-corrected chi connectivity index (χ0v) is 17.3. The van der Waals surface area contributed by atoms with Crippen molar-refractivity contribution in [2.24, 2.45) is 0 Å². The summed E-state index contributed by atoms with van der Waals surface area (Å²) in [5.74, 6) is 0.917. The number of fused-ring (bicyclic) bond motifs is 1. The molecule has 0 radical (unpaired) electrons. The third-order valence-corrected chi connectivity index (χ3v) is 6.14. The van der Waals surface area contributed by atoms with Crippen LogP contribution in [0.2, 0.25) is 0 Å². The maximum absolute atomic E-state index is 11.5. The van der Waals surface area contributed by atoms with Crippen LogP contribution in [0.15, 0.2) is 24.3 Å². The summed E-state index contributed by atoms with van der Waals surface area (Å²) < 4.78 is 35.0. The molecule has 0 unspecified atom stereocenters. The number of piperidine rings is 1. The molecule has 5 nitrogen and oxygen atoms in total. The number of rotatable bonds is 8. The van der Waals surface area contributed by atoms with E-state index in [1.54, 1.807) is 0 Å². The normalized spacial score (nSPS) is 19.0. The van der Waals surface area contributed by atoms with Crippen molar-refractivity contribution in [1.82, 2.24) is 4.90 Å². The standard InChI is InChI=1S/C21H31NO4S/c1-3-4-14-25-15-13-22-11-9-21(10-12-22)8-7-19-16-18(17-27(2,23)24)5-6-20(19)26-21/h5-8,16H,3-4,9-15,17H2,1-2H3. The third-order valence-electron chi connectivity index (χ3n) is 5.28. The molecule has 2 aliphatic rings. The molecule has 2 aliphatic heterocycles. The van der Waals surface area contributed by atoms with E-state index in [0.29, 0.717) is 0 Å². The van der Waals surface area contributed by atoms with E-state index in [2.05, 4.69) is 24.0 Å². The molecule has 3 rings (SSSR count). The average Bonchev–Trinajstić information content (AvgIpc) is 2.62. The maximum atomic E-state index is 11.5. The molecule has 1 saturated heterocycles. The van der Waals surface area contributed by atoms with E-state index in [-0.39, 0.29) is 11.4 Å². The van der Waals surface area contributed by atoms with Crippen LogP contribution in [0.3, 0.4) is 0 Å². The Labute approximate surface area is 163 Å². The lowest BCUT2D eigenvalue weighted by atomic mass is 9.88. The van der Waals surface area contributed by atoms with Crippen molar-refractivity contribution in [3.05, 3.63) is 35.4 Å². The smallest absolute Gasteiger partial charge is 0.151 e. The molecule has 2 heterocycles. The zero-order chi connectivity index (χ0) is 19.3. The summed E-state index contributed by atoms with van der Waals surface area (Å²) in [6.07, 6.45) is 9.74. The van der Waals surface area contributed by atoms with Crippen molar-refractivity contribution < 1.29 is 17.9 Å². The number of ether oxygens (including phenoxy) is 2. The van der Waals surface area contributed by atoms with Crippen molar-refractivity contribution in [1.29, 1.82) is 0 Å². The first-order valence-corrected chi connectivity index (χ1v) is 11.9. The fraction of sp³-hybridized carbons (Fsp3) is 0.619. The van der Waals surface area contributed by atoms with Crippen molar-refractivity contribution in [2.75, 3.05) is 39.1 Å². The molecular weight excluding hydrogens is 362 g/mol. The van der Waals surface area contributed by atoms with E-state index in [9.17, 15) is 8.42 Å². The van der Waals surface area contributed by atoms with Gasteiger partial charge in [-0.3, -0.25) is 0 Å². The Bertz CT molecular complexity index is 764. The highest BCUT2D eigenvalue weighted by Gasteiger charge is 2.36. The van der Waals surface area contributed by atoms with Crippen molar-refractivity contribution in [2.45, 2.75) is 44.0 Å². The Kier molecular flexibility index (Phi) is 6.61. The van der Waals surface area contributed by atoms with Gasteiger partial charge in [-0.25, -0.2) is 8.42 Å². The summed E-state index contributed by atoms with van der Waals surface area (Å²) >= 11 is 0. The van der Waals surface area contributed by atoms with Crippen LogP contribution >= 0.6 is 0 Å². The number of hydrogen-bond acceptors (Lipinski definition) is 5. The molecule has 0 N–H and O–H groups in total. The van der Waals surface area contributed by atoms with Crippen LogP contribution in [-0.4, -0.2) is 58.0 Å². The van der Waals surface area contributed by atoms with Gasteiger partial charge in [0, 0.05) is 50.9 Å². The number of sulfone groups is 1. The number of nitrogens with zero attached hydrogens (tertiary/aromatic N) is 1. The Hall–Kier alpha value is -1.37. The summed E-state index contributed by atoms with van der Waals surface area (Å²) in [4.78, 5) is 2.44. The molecule has 1 fully saturated rings. The van der Waals surface area contributed by atoms with Gasteiger partial charge in [0.1, 0.15) is 11.4 Å². The number of likely N-dealkylation sites (tertiary alicyclic amines) is 1. The van der Waals surface area contributed by atoms with Gasteiger partial charge in [-0.1, -0.05) is 25.5 Å². The molecular formula is C21H31NO4S. The van der Waals surface area contributed by atoms with Crippen LogP contribution in [-0.2, 0) is 20.3 Å². The average molecular weight is 394 g/mol. The van der Waals surface area contributed by atoms with Gasteiger partial charge < -0.3 is 14.4 Å². The molecule has 0 amide bonds. The summed E-state index contributed by atoms with van der Waals surface area (Å²) in [6, 6.07) is 5.69. The van der Waals surface area contributed by atoms with Crippen LogP contribution in [0, 0.1) is 0 Å². The first kappa shape index (κ1) is 20.4. The molecule has 0 aliphatic carbocycles. The van der Waals surface area contributed by atoms with Gasteiger partial charge in [0.2, 0.25) is 0 Å². The van der Waals surface area contributed by atoms with Gasteiger partial charge in [-0.15, -0.1) is 0 Å². The Balaban J connectivity index is 1.53. The van der Waals surface area contributed by atoms with Crippen LogP contribution in [0.25, 0.3) is 6.08 Å². The monoisotopic (exact) mass is 393 g/mol. The first-order valence-electron chi connectivity index (χ1n) is 9.88. The molecule has 27 heavy (non-hydrogen) atoms. The van der Waals surface area contributed by atoms with Gasteiger partial charge >= 0.3 is 0 Å². The minimum absolute atomic E-state index is 0.0640. The van der Waals surface area contributed by atoms with Gasteiger partial charge in [0.05, 0.1) is 12.4 Å². The Morgan fingerprint density at radius 3 is 2.70 bits per heavy atom. The van der Waals surface area contributed by atoms with Gasteiger partial charge in [0.25, 0.3) is 0 Å². The van der Waals surface area contributed by atoms with E-state index < -0.39 is 9.84 Å². The van der Waals surface area contributed by atoms with E-state index in [4.69, 9.17) is 9.47 Å². The van der Waals surface area contributed by atoms with Crippen molar-refractivity contribution >= 4 is 15.9 Å². The first-order chi connectivity index (χ1) is 12.9. The third kappa shape index (κ3) is 5.80. The quantitative estimate of drug-likeness (QED) is 0.635. The summed E-state index contributed by atoms with van der Waals surface area (Å²) in [5, 5.41) is 0. The largest absolute Gasteiger partial charge is 0.482 e. The van der Waals surface area contributed by atoms with E-state index >= 15 is 0 Å². The molecule has 0 atom stereocenters. The second-order valence-corrected chi connectivity index (χ2v) is 9.89. The summed E-state index contributed by atoms with van der Waals surface area (Å²) in [7, 11) is -3.03. The molecule has 1 aromatic carbocycles. The lowest BCUT2D eigenvalue weighted by molar-refractivity contribution is 0.0248. The fourth-order valence-corrected chi connectivity index (χ4v) is 4.46. The van der Waals surface area contributed by atoms with Crippen LogP contribution in [0.4, 0.5) is 0 Å². The number of benzene rings is 1. The predicted octanol–water partition coefficient (Wildman–Crippen LogP) is 3.29. The molecule has 6 heteroatoms. The fourth-order valence-electron chi connectivity index (χ4n) is 3.67. The highest BCUT2D eigenvalue weighted by atomic mass is 32.2. The van der Waals surface area contributed by atoms with Crippen molar-refractivity contribution in [3.8, 4) is 5.75 Å². The lowest BCUT2D eigenvalue weighted by Gasteiger charge is -2.42. The van der Waals surface area contributed by atoms with E-state index in [0.717, 1.165) is 69.0 Å². The Morgan fingerprint density at radius 2 is 2.00 bits per heavy atom. The van der Waals surface area contributed by atoms with E-state index in [1.165, 1.54) is 12.7 Å². The minimum Gasteiger partial charge on any atom is -0.482 e. The lowest BCUT2D eigenvalue weighted by Crippen LogP contribution is -2.48. The molecule has 1 aromatic rings. The Morgan fingerprint density at radius 1 is 1.22 bits per heavy atom. The second kappa shape index (κ2) is 8.76. The van der Waals surface area contributed by atoms with Gasteiger partial charge in [0.15, 0.2) is 9.84 Å². The van der Waals surface area contributed by atoms with Crippen LogP contribution < -0.4 is 4.74 Å². The second-order valence-electron chi connectivity index (χ2n) is 7.75. The van der Waals surface area contributed by atoms with Crippen LogP contribution in [0.5, 0.6) is 5.75 Å².